The number of nitrogens with one attached hydrogen (secondary N) is 2. The molecule has 0 aromatic heterocycles. The Bertz CT molecular complexity index is 561. The van der Waals surface area contributed by atoms with Gasteiger partial charge < -0.3 is 15.2 Å². The first-order valence-electron chi connectivity index (χ1n) is 6.40. The SMILES string of the molecule is CC(C)(C)OC(=O)Nc1cc(C(=O)O)cc2c1NCC2. The third-order valence-electron chi connectivity index (χ3n) is 2.80. The summed E-state index contributed by atoms with van der Waals surface area (Å²) in [6, 6.07) is 3.06. The van der Waals surface area contributed by atoms with Gasteiger partial charge in [0, 0.05) is 6.54 Å². The molecule has 0 aliphatic carbocycles. The molecule has 0 saturated carbocycles. The lowest BCUT2D eigenvalue weighted by atomic mass is 10.1. The molecule has 108 valence electrons. The predicted molar refractivity (Wildman–Crippen MR) is 75.5 cm³/mol. The van der Waals surface area contributed by atoms with E-state index in [-0.39, 0.29) is 5.56 Å². The first-order valence-corrected chi connectivity index (χ1v) is 6.40. The zero-order chi connectivity index (χ0) is 14.9. The minimum absolute atomic E-state index is 0.151. The van der Waals surface area contributed by atoms with Gasteiger partial charge in [0.15, 0.2) is 0 Å². The normalized spacial score (nSPS) is 13.3. The molecule has 1 amide bonds. The van der Waals surface area contributed by atoms with Crippen LogP contribution in [0.2, 0.25) is 0 Å². The van der Waals surface area contributed by atoms with Crippen molar-refractivity contribution < 1.29 is 19.4 Å². The Kier molecular flexibility index (Phi) is 3.57. The summed E-state index contributed by atoms with van der Waals surface area (Å²) in [6.07, 6.45) is 0.135. The van der Waals surface area contributed by atoms with Crippen LogP contribution in [-0.4, -0.2) is 29.3 Å². The molecule has 6 nitrogen and oxygen atoms in total. The second kappa shape index (κ2) is 5.03. The van der Waals surface area contributed by atoms with Gasteiger partial charge in [-0.2, -0.15) is 0 Å². The zero-order valence-electron chi connectivity index (χ0n) is 11.7. The van der Waals surface area contributed by atoms with E-state index in [1.807, 2.05) is 0 Å². The highest BCUT2D eigenvalue weighted by molar-refractivity contribution is 5.96. The highest BCUT2D eigenvalue weighted by atomic mass is 16.6. The lowest BCUT2D eigenvalue weighted by molar-refractivity contribution is 0.0633. The standard InChI is InChI=1S/C14H18N2O4/c1-14(2,3)20-13(19)16-10-7-9(12(17)18)6-8-4-5-15-11(8)10/h6-7,15H,4-5H2,1-3H3,(H,16,19)(H,17,18). The van der Waals surface area contributed by atoms with E-state index in [4.69, 9.17) is 9.84 Å². The van der Waals surface area contributed by atoms with Crippen molar-refractivity contribution in [3.8, 4) is 0 Å². The molecule has 0 fully saturated rings. The maximum absolute atomic E-state index is 11.8. The molecule has 2 rings (SSSR count). The van der Waals surface area contributed by atoms with Crippen LogP contribution in [0.3, 0.4) is 0 Å². The summed E-state index contributed by atoms with van der Waals surface area (Å²) >= 11 is 0. The van der Waals surface area contributed by atoms with Gasteiger partial charge >= 0.3 is 12.1 Å². The van der Waals surface area contributed by atoms with Gasteiger partial charge in [-0.15, -0.1) is 0 Å². The molecule has 0 radical (unpaired) electrons. The summed E-state index contributed by atoms with van der Waals surface area (Å²) in [5, 5.41) is 14.8. The second-order valence-corrected chi connectivity index (χ2v) is 5.67. The molecule has 3 N–H and O–H groups in total. The largest absolute Gasteiger partial charge is 0.478 e. The average molecular weight is 278 g/mol. The monoisotopic (exact) mass is 278 g/mol. The van der Waals surface area contributed by atoms with Crippen LogP contribution in [0.5, 0.6) is 0 Å². The highest BCUT2D eigenvalue weighted by Crippen LogP contribution is 2.32. The van der Waals surface area contributed by atoms with E-state index in [9.17, 15) is 9.59 Å². The van der Waals surface area contributed by atoms with E-state index in [1.165, 1.54) is 6.07 Å². The third-order valence-corrected chi connectivity index (χ3v) is 2.80. The molecule has 1 aliphatic heterocycles. The van der Waals surface area contributed by atoms with Crippen LogP contribution in [0.15, 0.2) is 12.1 Å². The predicted octanol–water partition coefficient (Wildman–Crippen LogP) is 2.70. The molecule has 1 aromatic rings. The van der Waals surface area contributed by atoms with Gasteiger partial charge in [0.25, 0.3) is 0 Å². The molecule has 0 unspecified atom stereocenters. The summed E-state index contributed by atoms with van der Waals surface area (Å²) in [7, 11) is 0. The molecule has 1 aliphatic rings. The Morgan fingerprint density at radius 3 is 2.65 bits per heavy atom. The number of amides is 1. The first-order chi connectivity index (χ1) is 9.26. The Morgan fingerprint density at radius 1 is 1.35 bits per heavy atom. The van der Waals surface area contributed by atoms with Crippen molar-refractivity contribution in [2.45, 2.75) is 32.8 Å². The smallest absolute Gasteiger partial charge is 0.412 e. The number of carbonyl (C=O) groups is 2. The summed E-state index contributed by atoms with van der Waals surface area (Å²) in [6.45, 7) is 6.02. The highest BCUT2D eigenvalue weighted by Gasteiger charge is 2.22. The number of ether oxygens (including phenoxy) is 1. The van der Waals surface area contributed by atoms with Crippen LogP contribution in [0, 0.1) is 0 Å². The number of benzene rings is 1. The van der Waals surface area contributed by atoms with Crippen LogP contribution in [0.25, 0.3) is 0 Å². The van der Waals surface area contributed by atoms with E-state index >= 15 is 0 Å². The molecule has 0 spiro atoms. The van der Waals surface area contributed by atoms with Gasteiger partial charge in [0.05, 0.1) is 16.9 Å². The van der Waals surface area contributed by atoms with Crippen molar-refractivity contribution >= 4 is 23.4 Å². The quantitative estimate of drug-likeness (QED) is 0.774. The zero-order valence-corrected chi connectivity index (χ0v) is 11.7. The van der Waals surface area contributed by atoms with E-state index in [0.29, 0.717) is 5.69 Å². The van der Waals surface area contributed by atoms with Crippen LogP contribution >= 0.6 is 0 Å². The molecule has 0 saturated heterocycles. The Balaban J connectivity index is 2.27. The van der Waals surface area contributed by atoms with Gasteiger partial charge in [0.1, 0.15) is 5.60 Å². The van der Waals surface area contributed by atoms with E-state index in [0.717, 1.165) is 24.2 Å². The minimum atomic E-state index is -1.02. The number of carboxylic acids is 1. The molecule has 6 heteroatoms. The average Bonchev–Trinajstić information content (AvgIpc) is 2.74. The molecule has 20 heavy (non-hydrogen) atoms. The van der Waals surface area contributed by atoms with Gasteiger partial charge in [-0.3, -0.25) is 5.32 Å². The number of rotatable bonds is 2. The maximum Gasteiger partial charge on any atom is 0.412 e. The molecular weight excluding hydrogens is 260 g/mol. The van der Waals surface area contributed by atoms with Crippen molar-refractivity contribution in [1.82, 2.24) is 0 Å². The van der Waals surface area contributed by atoms with E-state index in [2.05, 4.69) is 10.6 Å². The Labute approximate surface area is 117 Å². The van der Waals surface area contributed by atoms with Gasteiger partial charge in [-0.1, -0.05) is 0 Å². The van der Waals surface area contributed by atoms with Crippen molar-refractivity contribution in [2.24, 2.45) is 0 Å². The Morgan fingerprint density at radius 2 is 2.05 bits per heavy atom. The Hall–Kier alpha value is -2.24. The van der Waals surface area contributed by atoms with Crippen LogP contribution in [0.1, 0.15) is 36.7 Å². The van der Waals surface area contributed by atoms with Gasteiger partial charge in [0.2, 0.25) is 0 Å². The van der Waals surface area contributed by atoms with Crippen LogP contribution < -0.4 is 10.6 Å². The number of hydrogen-bond donors (Lipinski definition) is 3. The number of anilines is 2. The number of aromatic carboxylic acids is 1. The summed E-state index contributed by atoms with van der Waals surface area (Å²) < 4.78 is 5.18. The summed E-state index contributed by atoms with van der Waals surface area (Å²) in [5.74, 6) is -1.02. The molecule has 1 heterocycles. The van der Waals surface area contributed by atoms with Crippen molar-refractivity contribution in [3.05, 3.63) is 23.3 Å². The third kappa shape index (κ3) is 3.20. The van der Waals surface area contributed by atoms with Crippen molar-refractivity contribution in [1.29, 1.82) is 0 Å². The van der Waals surface area contributed by atoms with Gasteiger partial charge in [-0.05, 0) is 44.9 Å². The topological polar surface area (TPSA) is 87.7 Å². The fourth-order valence-corrected chi connectivity index (χ4v) is 2.07. The molecule has 0 atom stereocenters. The van der Waals surface area contributed by atoms with Crippen molar-refractivity contribution in [2.75, 3.05) is 17.2 Å². The number of carbonyl (C=O) groups excluding carboxylic acids is 1. The molecular formula is C14H18N2O4. The van der Waals surface area contributed by atoms with E-state index < -0.39 is 17.7 Å². The maximum atomic E-state index is 11.8. The van der Waals surface area contributed by atoms with Gasteiger partial charge in [-0.25, -0.2) is 9.59 Å². The molecule has 1 aromatic carbocycles. The van der Waals surface area contributed by atoms with Crippen LogP contribution in [-0.2, 0) is 11.2 Å². The second-order valence-electron chi connectivity index (χ2n) is 5.67. The summed E-state index contributed by atoms with van der Waals surface area (Å²) in [5.41, 5.74) is 1.63. The minimum Gasteiger partial charge on any atom is -0.478 e. The number of carboxylic acid groups (broad SMARTS) is 1. The fourth-order valence-electron chi connectivity index (χ4n) is 2.07. The number of fused-ring (bicyclic) bond motifs is 1. The van der Waals surface area contributed by atoms with E-state index in [1.54, 1.807) is 26.8 Å². The fraction of sp³-hybridized carbons (Fsp3) is 0.429. The first kappa shape index (κ1) is 14.2. The number of hydrogen-bond acceptors (Lipinski definition) is 4. The lowest BCUT2D eigenvalue weighted by Crippen LogP contribution is -2.27. The van der Waals surface area contributed by atoms with Crippen LogP contribution in [0.4, 0.5) is 16.2 Å². The van der Waals surface area contributed by atoms with Crippen molar-refractivity contribution in [3.63, 3.8) is 0 Å². The summed E-state index contributed by atoms with van der Waals surface area (Å²) in [4.78, 5) is 22.9. The molecule has 0 bridgehead atoms. The lowest BCUT2D eigenvalue weighted by Gasteiger charge is -2.20.